The molecule has 0 unspecified atom stereocenters. The van der Waals surface area contributed by atoms with Crippen LogP contribution < -0.4 is 9.46 Å². The molecular weight excluding hydrogens is 336 g/mol. The van der Waals surface area contributed by atoms with E-state index in [9.17, 15) is 17.2 Å². The molecule has 2 aromatic rings. The van der Waals surface area contributed by atoms with Crippen molar-refractivity contribution in [1.82, 2.24) is 4.72 Å². The maximum absolute atomic E-state index is 13.6. The van der Waals surface area contributed by atoms with Gasteiger partial charge in [0, 0.05) is 6.54 Å². The monoisotopic (exact) mass is 355 g/mol. The van der Waals surface area contributed by atoms with Crippen LogP contribution >= 0.6 is 0 Å². The highest BCUT2D eigenvalue weighted by atomic mass is 32.2. The van der Waals surface area contributed by atoms with Gasteiger partial charge in [0.25, 0.3) is 0 Å². The Morgan fingerprint density at radius 3 is 2.50 bits per heavy atom. The fourth-order valence-electron chi connectivity index (χ4n) is 2.20. The average Bonchev–Trinajstić information content (AvgIpc) is 2.54. The largest absolute Gasteiger partial charge is 0.492 e. The summed E-state index contributed by atoms with van der Waals surface area (Å²) in [5, 5.41) is 0. The molecule has 0 aliphatic heterocycles. The molecule has 24 heavy (non-hydrogen) atoms. The molecule has 1 N–H and O–H groups in total. The minimum absolute atomic E-state index is 0.0648. The van der Waals surface area contributed by atoms with Gasteiger partial charge in [-0.2, -0.15) is 0 Å². The van der Waals surface area contributed by atoms with Crippen molar-refractivity contribution in [2.75, 3.05) is 13.2 Å². The van der Waals surface area contributed by atoms with E-state index in [1.54, 1.807) is 6.07 Å². The second kappa shape index (κ2) is 7.72. The summed E-state index contributed by atoms with van der Waals surface area (Å²) in [7, 11) is -4.14. The smallest absolute Gasteiger partial charge is 0.243 e. The molecule has 0 spiro atoms. The van der Waals surface area contributed by atoms with Crippen molar-refractivity contribution in [1.29, 1.82) is 0 Å². The van der Waals surface area contributed by atoms with E-state index in [1.807, 2.05) is 32.0 Å². The van der Waals surface area contributed by atoms with Gasteiger partial charge in [0.15, 0.2) is 11.6 Å². The van der Waals surface area contributed by atoms with Crippen molar-refractivity contribution in [3.05, 3.63) is 59.7 Å². The Labute approximate surface area is 140 Å². The molecule has 7 heteroatoms. The number of benzene rings is 2. The van der Waals surface area contributed by atoms with Crippen LogP contribution in [0.15, 0.2) is 47.4 Å². The van der Waals surface area contributed by atoms with Crippen molar-refractivity contribution < 1.29 is 21.9 Å². The van der Waals surface area contributed by atoms with Gasteiger partial charge in [-0.1, -0.05) is 38.1 Å². The zero-order valence-corrected chi connectivity index (χ0v) is 14.2. The number of ether oxygens (including phenoxy) is 1. The molecule has 0 bridgehead atoms. The fourth-order valence-corrected chi connectivity index (χ4v) is 3.29. The quantitative estimate of drug-likeness (QED) is 0.774. The molecule has 0 atom stereocenters. The van der Waals surface area contributed by atoms with Gasteiger partial charge in [-0.25, -0.2) is 21.9 Å². The lowest BCUT2D eigenvalue weighted by Gasteiger charge is -2.14. The number of halogens is 2. The second-order valence-corrected chi connectivity index (χ2v) is 7.23. The zero-order chi connectivity index (χ0) is 17.7. The van der Waals surface area contributed by atoms with Crippen LogP contribution in [-0.4, -0.2) is 21.6 Å². The molecule has 0 radical (unpaired) electrons. The first-order chi connectivity index (χ1) is 11.3. The Hall–Kier alpha value is -1.99. The summed E-state index contributed by atoms with van der Waals surface area (Å²) in [4.78, 5) is -0.718. The molecule has 0 saturated carbocycles. The van der Waals surface area contributed by atoms with E-state index in [4.69, 9.17) is 4.74 Å². The molecule has 0 aliphatic rings. The summed E-state index contributed by atoms with van der Waals surface area (Å²) in [6.45, 7) is 4.06. The predicted octanol–water partition coefficient (Wildman–Crippen LogP) is 3.45. The fraction of sp³-hybridized carbons (Fsp3) is 0.294. The van der Waals surface area contributed by atoms with Crippen LogP contribution in [0.5, 0.6) is 5.75 Å². The molecule has 0 heterocycles. The van der Waals surface area contributed by atoms with E-state index < -0.39 is 26.6 Å². The van der Waals surface area contributed by atoms with Gasteiger partial charge in [-0.3, -0.25) is 0 Å². The highest BCUT2D eigenvalue weighted by molar-refractivity contribution is 7.89. The first kappa shape index (κ1) is 18.4. The zero-order valence-electron chi connectivity index (χ0n) is 13.4. The number of para-hydroxylation sites is 1. The van der Waals surface area contributed by atoms with E-state index in [-0.39, 0.29) is 19.1 Å². The van der Waals surface area contributed by atoms with Gasteiger partial charge in [0.05, 0.1) is 0 Å². The first-order valence-corrected chi connectivity index (χ1v) is 8.96. The highest BCUT2D eigenvalue weighted by Crippen LogP contribution is 2.25. The lowest BCUT2D eigenvalue weighted by Crippen LogP contribution is -2.29. The van der Waals surface area contributed by atoms with Crippen molar-refractivity contribution in [2.24, 2.45) is 0 Å². The van der Waals surface area contributed by atoms with E-state index in [2.05, 4.69) is 4.72 Å². The standard InChI is InChI=1S/C17H19F2NO3S/c1-12(2)13-6-3-4-8-15(13)23-11-10-20-24(21,22)16-9-5-7-14(18)17(16)19/h3-9,12,20H,10-11H2,1-2H3. The van der Waals surface area contributed by atoms with Crippen LogP contribution in [0.3, 0.4) is 0 Å². The number of hydrogen-bond acceptors (Lipinski definition) is 3. The summed E-state index contributed by atoms with van der Waals surface area (Å²) in [5.74, 6) is -1.67. The normalized spacial score (nSPS) is 11.7. The molecule has 130 valence electrons. The number of sulfonamides is 1. The van der Waals surface area contributed by atoms with E-state index in [1.165, 1.54) is 0 Å². The molecular formula is C17H19F2NO3S. The number of hydrogen-bond donors (Lipinski definition) is 1. The molecule has 4 nitrogen and oxygen atoms in total. The van der Waals surface area contributed by atoms with Crippen molar-refractivity contribution in [3.8, 4) is 5.75 Å². The lowest BCUT2D eigenvalue weighted by molar-refractivity contribution is 0.318. The molecule has 2 aromatic carbocycles. The van der Waals surface area contributed by atoms with Crippen LogP contribution in [0.2, 0.25) is 0 Å². The van der Waals surface area contributed by atoms with Crippen LogP contribution in [0.1, 0.15) is 25.3 Å². The van der Waals surface area contributed by atoms with Gasteiger partial charge < -0.3 is 4.74 Å². The molecule has 0 saturated heterocycles. The van der Waals surface area contributed by atoms with E-state index in [0.29, 0.717) is 5.75 Å². The topological polar surface area (TPSA) is 55.4 Å². The summed E-state index contributed by atoms with van der Waals surface area (Å²) in [5.41, 5.74) is 1.01. The molecule has 0 fully saturated rings. The summed E-state index contributed by atoms with van der Waals surface area (Å²) in [6.07, 6.45) is 0. The average molecular weight is 355 g/mol. The Balaban J connectivity index is 1.98. The third-order valence-electron chi connectivity index (χ3n) is 3.40. The predicted molar refractivity (Wildman–Crippen MR) is 87.6 cm³/mol. The van der Waals surface area contributed by atoms with Crippen LogP contribution in [-0.2, 0) is 10.0 Å². The van der Waals surface area contributed by atoms with Crippen molar-refractivity contribution >= 4 is 10.0 Å². The second-order valence-electron chi connectivity index (χ2n) is 5.49. The van der Waals surface area contributed by atoms with E-state index >= 15 is 0 Å². The summed E-state index contributed by atoms with van der Waals surface area (Å²) in [6, 6.07) is 10.5. The van der Waals surface area contributed by atoms with Crippen LogP contribution in [0.25, 0.3) is 0 Å². The van der Waals surface area contributed by atoms with Crippen LogP contribution in [0, 0.1) is 11.6 Å². The Bertz CT molecular complexity index is 807. The molecule has 0 amide bonds. The highest BCUT2D eigenvalue weighted by Gasteiger charge is 2.21. The third kappa shape index (κ3) is 4.30. The summed E-state index contributed by atoms with van der Waals surface area (Å²) >= 11 is 0. The van der Waals surface area contributed by atoms with Crippen LogP contribution in [0.4, 0.5) is 8.78 Å². The molecule has 0 aromatic heterocycles. The first-order valence-electron chi connectivity index (χ1n) is 7.48. The van der Waals surface area contributed by atoms with Crippen molar-refractivity contribution in [3.63, 3.8) is 0 Å². The van der Waals surface area contributed by atoms with Gasteiger partial charge in [0.2, 0.25) is 10.0 Å². The minimum Gasteiger partial charge on any atom is -0.492 e. The molecule has 2 rings (SSSR count). The van der Waals surface area contributed by atoms with E-state index in [0.717, 1.165) is 23.8 Å². The Kier molecular flexibility index (Phi) is 5.90. The van der Waals surface area contributed by atoms with Gasteiger partial charge in [-0.15, -0.1) is 0 Å². The minimum atomic E-state index is -4.14. The Morgan fingerprint density at radius 2 is 1.79 bits per heavy atom. The number of nitrogens with one attached hydrogen (secondary N) is 1. The third-order valence-corrected chi connectivity index (χ3v) is 4.88. The Morgan fingerprint density at radius 1 is 1.08 bits per heavy atom. The maximum Gasteiger partial charge on any atom is 0.243 e. The van der Waals surface area contributed by atoms with Gasteiger partial charge in [0.1, 0.15) is 17.3 Å². The maximum atomic E-state index is 13.6. The molecule has 0 aliphatic carbocycles. The van der Waals surface area contributed by atoms with Crippen molar-refractivity contribution in [2.45, 2.75) is 24.7 Å². The SMILES string of the molecule is CC(C)c1ccccc1OCCNS(=O)(=O)c1cccc(F)c1F. The number of rotatable bonds is 7. The van der Waals surface area contributed by atoms with Gasteiger partial charge in [-0.05, 0) is 29.7 Å². The lowest BCUT2D eigenvalue weighted by atomic mass is 10.0. The van der Waals surface area contributed by atoms with Gasteiger partial charge >= 0.3 is 0 Å². The summed E-state index contributed by atoms with van der Waals surface area (Å²) < 4.78 is 58.6.